The lowest BCUT2D eigenvalue weighted by Gasteiger charge is -2.11. The highest BCUT2D eigenvalue weighted by Gasteiger charge is 2.11. The van der Waals surface area contributed by atoms with E-state index in [2.05, 4.69) is 0 Å². The normalized spacial score (nSPS) is 10.2. The average Bonchev–Trinajstić information content (AvgIpc) is 2.43. The minimum atomic E-state index is -0.000504. The molecular formula is C15H16O4. The van der Waals surface area contributed by atoms with E-state index in [1.165, 1.54) is 14.2 Å². The molecule has 4 nitrogen and oxygen atoms in total. The summed E-state index contributed by atoms with van der Waals surface area (Å²) in [7, 11) is 3.00. The zero-order valence-corrected chi connectivity index (χ0v) is 10.9. The van der Waals surface area contributed by atoms with E-state index in [0.717, 1.165) is 11.1 Å². The molecule has 2 N–H and O–H groups in total. The van der Waals surface area contributed by atoms with Crippen LogP contribution < -0.4 is 9.47 Å². The maximum Gasteiger partial charge on any atom is 0.200 e. The van der Waals surface area contributed by atoms with Gasteiger partial charge in [-0.25, -0.2) is 0 Å². The van der Waals surface area contributed by atoms with Gasteiger partial charge in [-0.2, -0.15) is 0 Å². The molecule has 0 fully saturated rings. The minimum Gasteiger partial charge on any atom is -0.508 e. The topological polar surface area (TPSA) is 58.9 Å². The predicted octanol–water partition coefficient (Wildman–Crippen LogP) is 2.71. The molecule has 0 aliphatic rings. The van der Waals surface area contributed by atoms with Crippen LogP contribution in [0.25, 0.3) is 0 Å². The van der Waals surface area contributed by atoms with E-state index >= 15 is 0 Å². The molecule has 0 aromatic heterocycles. The Morgan fingerprint density at radius 3 is 1.84 bits per heavy atom. The molecule has 0 unspecified atom stereocenters. The summed E-state index contributed by atoms with van der Waals surface area (Å²) in [5.41, 5.74) is 2.00. The number of phenolic OH excluding ortho intramolecular Hbond substituents is 2. The zero-order chi connectivity index (χ0) is 13.8. The summed E-state index contributed by atoms with van der Waals surface area (Å²) >= 11 is 0. The third-order valence-electron chi connectivity index (χ3n) is 2.88. The van der Waals surface area contributed by atoms with E-state index in [9.17, 15) is 10.2 Å². The van der Waals surface area contributed by atoms with Crippen LogP contribution in [-0.2, 0) is 6.42 Å². The van der Waals surface area contributed by atoms with E-state index in [0.29, 0.717) is 17.9 Å². The van der Waals surface area contributed by atoms with Crippen LogP contribution in [0.5, 0.6) is 23.0 Å². The van der Waals surface area contributed by atoms with E-state index in [1.807, 2.05) is 12.1 Å². The minimum absolute atomic E-state index is 0.000504. The van der Waals surface area contributed by atoms with Gasteiger partial charge in [0.25, 0.3) is 0 Å². The van der Waals surface area contributed by atoms with Crippen molar-refractivity contribution >= 4 is 0 Å². The van der Waals surface area contributed by atoms with Crippen LogP contribution in [0.2, 0.25) is 0 Å². The molecule has 0 heterocycles. The first-order valence-corrected chi connectivity index (χ1v) is 5.86. The van der Waals surface area contributed by atoms with Crippen molar-refractivity contribution in [1.82, 2.24) is 0 Å². The van der Waals surface area contributed by atoms with Crippen LogP contribution in [0.1, 0.15) is 11.1 Å². The van der Waals surface area contributed by atoms with Gasteiger partial charge >= 0.3 is 0 Å². The average molecular weight is 260 g/mol. The molecule has 0 aliphatic carbocycles. The van der Waals surface area contributed by atoms with Crippen LogP contribution in [0, 0.1) is 0 Å². The quantitative estimate of drug-likeness (QED) is 0.887. The van der Waals surface area contributed by atoms with Crippen molar-refractivity contribution in [2.75, 3.05) is 14.2 Å². The first kappa shape index (κ1) is 13.1. The van der Waals surface area contributed by atoms with Crippen LogP contribution in [0.3, 0.4) is 0 Å². The molecule has 2 aromatic rings. The number of aromatic hydroxyl groups is 2. The Morgan fingerprint density at radius 2 is 1.37 bits per heavy atom. The number of ether oxygens (including phenoxy) is 2. The first-order chi connectivity index (χ1) is 9.13. The van der Waals surface area contributed by atoms with Crippen LogP contribution in [0.15, 0.2) is 36.4 Å². The van der Waals surface area contributed by atoms with Gasteiger partial charge < -0.3 is 19.7 Å². The van der Waals surface area contributed by atoms with Crippen molar-refractivity contribution in [2.24, 2.45) is 0 Å². The Balaban J connectivity index is 2.32. The SMILES string of the molecule is COc1cc(Cc2ccc(O)cc2)cc(OC)c1O. The Morgan fingerprint density at radius 1 is 0.842 bits per heavy atom. The largest absolute Gasteiger partial charge is 0.508 e. The molecule has 0 spiro atoms. The van der Waals surface area contributed by atoms with E-state index < -0.39 is 0 Å². The van der Waals surface area contributed by atoms with Crippen LogP contribution in [0.4, 0.5) is 0 Å². The lowest BCUT2D eigenvalue weighted by molar-refractivity contribution is 0.339. The fourth-order valence-corrected chi connectivity index (χ4v) is 1.90. The van der Waals surface area contributed by atoms with Gasteiger partial charge in [0.1, 0.15) is 5.75 Å². The third-order valence-corrected chi connectivity index (χ3v) is 2.88. The molecule has 0 radical (unpaired) electrons. The monoisotopic (exact) mass is 260 g/mol. The Bertz CT molecular complexity index is 536. The molecule has 0 saturated heterocycles. The maximum absolute atomic E-state index is 9.83. The van der Waals surface area contributed by atoms with Crippen molar-refractivity contribution in [3.05, 3.63) is 47.5 Å². The summed E-state index contributed by atoms with van der Waals surface area (Å²) in [6.45, 7) is 0. The van der Waals surface area contributed by atoms with Gasteiger partial charge in [-0.15, -0.1) is 0 Å². The fourth-order valence-electron chi connectivity index (χ4n) is 1.90. The summed E-state index contributed by atoms with van der Waals surface area (Å²) in [5.74, 6) is 1.00. The standard InChI is InChI=1S/C15H16O4/c1-18-13-8-11(9-14(19-2)15(13)17)7-10-3-5-12(16)6-4-10/h3-6,8-9,16-17H,7H2,1-2H3. The van der Waals surface area contributed by atoms with Crippen molar-refractivity contribution in [2.45, 2.75) is 6.42 Å². The molecule has 2 rings (SSSR count). The molecule has 0 saturated carbocycles. The lowest BCUT2D eigenvalue weighted by Crippen LogP contribution is -1.94. The van der Waals surface area contributed by atoms with Gasteiger partial charge in [0.15, 0.2) is 11.5 Å². The molecule has 100 valence electrons. The number of hydrogen-bond acceptors (Lipinski definition) is 4. The van der Waals surface area contributed by atoms with Crippen molar-refractivity contribution in [3.8, 4) is 23.0 Å². The predicted molar refractivity (Wildman–Crippen MR) is 72.1 cm³/mol. The summed E-state index contributed by atoms with van der Waals surface area (Å²) in [6, 6.07) is 10.5. The number of benzene rings is 2. The van der Waals surface area contributed by atoms with E-state index in [4.69, 9.17) is 9.47 Å². The molecular weight excluding hydrogens is 244 g/mol. The molecule has 0 aliphatic heterocycles. The summed E-state index contributed by atoms with van der Waals surface area (Å²) in [6.07, 6.45) is 0.660. The number of phenols is 2. The highest BCUT2D eigenvalue weighted by atomic mass is 16.5. The summed E-state index contributed by atoms with van der Waals surface area (Å²) in [4.78, 5) is 0. The van der Waals surface area contributed by atoms with Gasteiger partial charge in [-0.3, -0.25) is 0 Å². The Kier molecular flexibility index (Phi) is 3.80. The fraction of sp³-hybridized carbons (Fsp3) is 0.200. The smallest absolute Gasteiger partial charge is 0.200 e. The van der Waals surface area contributed by atoms with Gasteiger partial charge in [0, 0.05) is 0 Å². The molecule has 0 amide bonds. The van der Waals surface area contributed by atoms with Gasteiger partial charge in [-0.05, 0) is 41.8 Å². The second-order valence-corrected chi connectivity index (χ2v) is 4.19. The molecule has 19 heavy (non-hydrogen) atoms. The maximum atomic E-state index is 9.83. The Hall–Kier alpha value is -2.36. The molecule has 0 atom stereocenters. The van der Waals surface area contributed by atoms with Gasteiger partial charge in [0.05, 0.1) is 14.2 Å². The molecule has 4 heteroatoms. The van der Waals surface area contributed by atoms with Crippen LogP contribution >= 0.6 is 0 Å². The molecule has 0 bridgehead atoms. The van der Waals surface area contributed by atoms with Crippen molar-refractivity contribution in [1.29, 1.82) is 0 Å². The lowest BCUT2D eigenvalue weighted by atomic mass is 10.0. The van der Waals surface area contributed by atoms with Crippen molar-refractivity contribution < 1.29 is 19.7 Å². The van der Waals surface area contributed by atoms with E-state index in [1.54, 1.807) is 24.3 Å². The van der Waals surface area contributed by atoms with Crippen LogP contribution in [-0.4, -0.2) is 24.4 Å². The first-order valence-electron chi connectivity index (χ1n) is 5.86. The zero-order valence-electron chi connectivity index (χ0n) is 10.9. The highest BCUT2D eigenvalue weighted by molar-refractivity contribution is 5.53. The Labute approximate surface area is 111 Å². The number of hydrogen-bond donors (Lipinski definition) is 2. The summed E-state index contributed by atoms with van der Waals surface area (Å²) in [5, 5.41) is 19.1. The van der Waals surface area contributed by atoms with Crippen molar-refractivity contribution in [3.63, 3.8) is 0 Å². The number of rotatable bonds is 4. The highest BCUT2D eigenvalue weighted by Crippen LogP contribution is 2.37. The number of methoxy groups -OCH3 is 2. The second-order valence-electron chi connectivity index (χ2n) is 4.19. The van der Waals surface area contributed by atoms with Gasteiger partial charge in [0.2, 0.25) is 5.75 Å². The third kappa shape index (κ3) is 2.91. The summed E-state index contributed by atoms with van der Waals surface area (Å²) < 4.78 is 10.2. The second kappa shape index (κ2) is 5.52. The molecule has 2 aromatic carbocycles. The van der Waals surface area contributed by atoms with E-state index in [-0.39, 0.29) is 11.5 Å². The van der Waals surface area contributed by atoms with Gasteiger partial charge in [-0.1, -0.05) is 12.1 Å².